The van der Waals surface area contributed by atoms with Gasteiger partial charge in [0.15, 0.2) is 0 Å². The first-order valence-electron chi connectivity index (χ1n) is 11.6. The van der Waals surface area contributed by atoms with Crippen LogP contribution >= 0.6 is 0 Å². The molecule has 2 aliphatic rings. The van der Waals surface area contributed by atoms with E-state index in [0.717, 1.165) is 12.5 Å². The molecule has 0 radical (unpaired) electrons. The first kappa shape index (κ1) is 23.8. The highest BCUT2D eigenvalue weighted by molar-refractivity contribution is 5.94. The smallest absolute Gasteiger partial charge is 0.393 e. The average molecular weight is 465 g/mol. The molecule has 0 spiro atoms. The minimum absolute atomic E-state index is 0.0515. The van der Waals surface area contributed by atoms with Crippen molar-refractivity contribution in [3.8, 4) is 0 Å². The lowest BCUT2D eigenvalue weighted by atomic mass is 9.94. The number of hydrogen-bond donors (Lipinski definition) is 2. The zero-order valence-electron chi connectivity index (χ0n) is 19.0. The van der Waals surface area contributed by atoms with Crippen LogP contribution < -0.4 is 10.2 Å². The van der Waals surface area contributed by atoms with E-state index in [1.54, 1.807) is 12.1 Å². The second-order valence-corrected chi connectivity index (χ2v) is 9.42. The number of anilines is 1. The number of aromatic nitrogens is 1. The Morgan fingerprint density at radius 1 is 1.21 bits per heavy atom. The molecule has 2 N–H and O–H groups in total. The lowest BCUT2D eigenvalue weighted by Crippen LogP contribution is -2.55. The average Bonchev–Trinajstić information content (AvgIpc) is 2.77. The molecule has 3 atom stereocenters. The van der Waals surface area contributed by atoms with Gasteiger partial charge in [-0.1, -0.05) is 6.92 Å². The van der Waals surface area contributed by atoms with E-state index in [9.17, 15) is 23.1 Å². The number of benzene rings is 1. The van der Waals surface area contributed by atoms with Crippen LogP contribution in [0, 0.1) is 5.92 Å². The van der Waals surface area contributed by atoms with Crippen molar-refractivity contribution < 1.29 is 23.1 Å². The molecular weight excluding hydrogens is 433 g/mol. The molecule has 1 unspecified atom stereocenters. The maximum absolute atomic E-state index is 13.5. The summed E-state index contributed by atoms with van der Waals surface area (Å²) in [6.07, 6.45) is -1.24. The van der Waals surface area contributed by atoms with Gasteiger partial charge in [0.2, 0.25) is 5.91 Å². The van der Waals surface area contributed by atoms with Gasteiger partial charge in [-0.05, 0) is 56.4 Å². The van der Waals surface area contributed by atoms with Gasteiger partial charge in [0.25, 0.3) is 0 Å². The molecule has 33 heavy (non-hydrogen) atoms. The molecule has 1 aromatic heterocycles. The fraction of sp³-hybridized carbons (Fsp3) is 0.583. The van der Waals surface area contributed by atoms with Crippen molar-refractivity contribution in [1.29, 1.82) is 0 Å². The Labute approximate surface area is 191 Å². The predicted octanol–water partition coefficient (Wildman–Crippen LogP) is 3.43. The van der Waals surface area contributed by atoms with Crippen LogP contribution in [0.1, 0.15) is 38.7 Å². The highest BCUT2D eigenvalue weighted by atomic mass is 19.4. The monoisotopic (exact) mass is 464 g/mol. The molecule has 0 aliphatic carbocycles. The van der Waals surface area contributed by atoms with Gasteiger partial charge in [0, 0.05) is 49.5 Å². The summed E-state index contributed by atoms with van der Waals surface area (Å²) in [6.45, 7) is 6.57. The Morgan fingerprint density at radius 3 is 2.64 bits per heavy atom. The van der Waals surface area contributed by atoms with E-state index in [0.29, 0.717) is 50.1 Å². The largest absolute Gasteiger partial charge is 0.418 e. The molecule has 2 saturated heterocycles. The van der Waals surface area contributed by atoms with Gasteiger partial charge in [-0.15, -0.1) is 0 Å². The first-order chi connectivity index (χ1) is 15.6. The number of carbonyl (C=O) groups is 1. The third kappa shape index (κ3) is 5.24. The Morgan fingerprint density at radius 2 is 1.94 bits per heavy atom. The Bertz CT molecular complexity index is 991. The van der Waals surface area contributed by atoms with Crippen LogP contribution in [0.4, 0.5) is 18.9 Å². The molecule has 6 nitrogen and oxygen atoms in total. The first-order valence-corrected chi connectivity index (χ1v) is 11.6. The van der Waals surface area contributed by atoms with E-state index in [-0.39, 0.29) is 35.5 Å². The topological polar surface area (TPSA) is 68.7 Å². The van der Waals surface area contributed by atoms with Gasteiger partial charge < -0.3 is 15.3 Å². The van der Waals surface area contributed by atoms with Crippen molar-refractivity contribution in [3.05, 3.63) is 36.0 Å². The molecule has 1 amide bonds. The lowest BCUT2D eigenvalue weighted by molar-refractivity contribution is -0.136. The van der Waals surface area contributed by atoms with E-state index in [1.807, 2.05) is 6.92 Å². The maximum atomic E-state index is 13.5. The van der Waals surface area contributed by atoms with Crippen LogP contribution in [-0.4, -0.2) is 65.3 Å². The summed E-state index contributed by atoms with van der Waals surface area (Å²) < 4.78 is 40.5. The number of amides is 1. The van der Waals surface area contributed by atoms with Crippen molar-refractivity contribution in [2.45, 2.75) is 57.5 Å². The molecule has 180 valence electrons. The maximum Gasteiger partial charge on any atom is 0.418 e. The number of aliphatic hydroxyl groups excluding tert-OH is 1. The number of nitrogens with zero attached hydrogens (tertiary/aromatic N) is 3. The molecule has 2 aliphatic heterocycles. The Balaban J connectivity index is 1.51. The molecular formula is C24H31F3N4O2. The fourth-order valence-electron chi connectivity index (χ4n) is 5.08. The van der Waals surface area contributed by atoms with Crippen molar-refractivity contribution in [2.75, 3.05) is 31.1 Å². The van der Waals surface area contributed by atoms with Crippen LogP contribution in [-0.2, 0) is 11.0 Å². The summed E-state index contributed by atoms with van der Waals surface area (Å²) in [4.78, 5) is 21.1. The second kappa shape index (κ2) is 9.46. The van der Waals surface area contributed by atoms with Crippen molar-refractivity contribution in [2.24, 2.45) is 5.92 Å². The number of carbonyl (C=O) groups excluding carboxylic acids is 1. The van der Waals surface area contributed by atoms with Crippen LogP contribution in [0.5, 0.6) is 0 Å². The van der Waals surface area contributed by atoms with Crippen LogP contribution in [0.3, 0.4) is 0 Å². The summed E-state index contributed by atoms with van der Waals surface area (Å²) in [5, 5.41) is 13.3. The number of rotatable bonds is 4. The van der Waals surface area contributed by atoms with Gasteiger partial charge >= 0.3 is 6.18 Å². The second-order valence-electron chi connectivity index (χ2n) is 9.42. The lowest BCUT2D eigenvalue weighted by Gasteiger charge is -2.40. The highest BCUT2D eigenvalue weighted by Crippen LogP contribution is 2.38. The summed E-state index contributed by atoms with van der Waals surface area (Å²) in [5.41, 5.74) is -0.0885. The van der Waals surface area contributed by atoms with E-state index < -0.39 is 11.7 Å². The minimum Gasteiger partial charge on any atom is -0.393 e. The Hall–Kier alpha value is -2.39. The van der Waals surface area contributed by atoms with Crippen molar-refractivity contribution in [3.63, 3.8) is 0 Å². The summed E-state index contributed by atoms with van der Waals surface area (Å²) >= 11 is 0. The van der Waals surface area contributed by atoms with Gasteiger partial charge in [-0.3, -0.25) is 14.7 Å². The van der Waals surface area contributed by atoms with E-state index in [4.69, 9.17) is 0 Å². The molecule has 2 fully saturated rings. The number of alkyl halides is 3. The SMILES string of the molecule is CC(C(=O)N[C@@H]1C[C@H](C)CN(c2ccc(C(F)(F)F)c3ncccc23)C1)N1CCC(O)CC1. The molecule has 4 rings (SSSR count). The summed E-state index contributed by atoms with van der Waals surface area (Å²) in [7, 11) is 0. The highest BCUT2D eigenvalue weighted by Gasteiger charge is 2.35. The van der Waals surface area contributed by atoms with Gasteiger partial charge in [-0.25, -0.2) is 0 Å². The molecule has 0 saturated carbocycles. The van der Waals surface area contributed by atoms with Crippen molar-refractivity contribution in [1.82, 2.24) is 15.2 Å². The minimum atomic E-state index is -4.47. The van der Waals surface area contributed by atoms with E-state index in [2.05, 4.69) is 27.0 Å². The van der Waals surface area contributed by atoms with E-state index in [1.165, 1.54) is 12.3 Å². The molecule has 2 aromatic rings. The molecule has 0 bridgehead atoms. The zero-order chi connectivity index (χ0) is 23.8. The number of nitrogens with one attached hydrogen (secondary N) is 1. The van der Waals surface area contributed by atoms with Gasteiger partial charge in [0.05, 0.1) is 23.2 Å². The number of pyridine rings is 1. The molecule has 1 aromatic carbocycles. The molecule has 9 heteroatoms. The number of hydrogen-bond acceptors (Lipinski definition) is 5. The normalized spacial score (nSPS) is 24.1. The van der Waals surface area contributed by atoms with Crippen LogP contribution in [0.25, 0.3) is 10.9 Å². The van der Waals surface area contributed by atoms with Gasteiger partial charge in [-0.2, -0.15) is 13.2 Å². The van der Waals surface area contributed by atoms with E-state index >= 15 is 0 Å². The standard InChI is InChI=1S/C24H31F3N4O2/c1-15-12-17(29-23(33)16(2)30-10-7-18(32)8-11-30)14-31(13-15)21-6-5-20(24(25,26)27)22-19(21)4-3-9-28-22/h3-6,9,15-18,32H,7-8,10-14H2,1-2H3,(H,29,33)/t15-,16?,17+/m0/s1. The number of aliphatic hydroxyl groups is 1. The van der Waals surface area contributed by atoms with Crippen LogP contribution in [0.15, 0.2) is 30.5 Å². The number of halogens is 3. The number of likely N-dealkylation sites (tertiary alicyclic amines) is 1. The fourth-order valence-corrected chi connectivity index (χ4v) is 5.08. The van der Waals surface area contributed by atoms with Gasteiger partial charge in [0.1, 0.15) is 0 Å². The predicted molar refractivity (Wildman–Crippen MR) is 121 cm³/mol. The number of fused-ring (bicyclic) bond motifs is 1. The molecule has 3 heterocycles. The summed E-state index contributed by atoms with van der Waals surface area (Å²) in [6, 6.07) is 5.55. The quantitative estimate of drug-likeness (QED) is 0.726. The third-order valence-electron chi connectivity index (χ3n) is 6.83. The zero-order valence-corrected chi connectivity index (χ0v) is 19.0. The third-order valence-corrected chi connectivity index (χ3v) is 6.83. The van der Waals surface area contributed by atoms with Crippen molar-refractivity contribution >= 4 is 22.5 Å². The summed E-state index contributed by atoms with van der Waals surface area (Å²) in [5.74, 6) is 0.211. The Kier molecular flexibility index (Phi) is 6.81. The van der Waals surface area contributed by atoms with Crippen LogP contribution in [0.2, 0.25) is 0 Å². The number of piperidine rings is 2.